The van der Waals surface area contributed by atoms with Gasteiger partial charge in [0.25, 0.3) is 8.53 Å². The van der Waals surface area contributed by atoms with E-state index in [0.29, 0.717) is 81.2 Å². The Hall–Kier alpha value is -4.78. The molecule has 0 amide bonds. The summed E-state index contributed by atoms with van der Waals surface area (Å²) in [4.78, 5) is 43.9. The topological polar surface area (TPSA) is 130 Å². The molecule has 1 aliphatic heterocycles. The van der Waals surface area contributed by atoms with E-state index >= 15 is 0 Å². The number of anilines is 1. The molecule has 3 heterocycles. The number of aromatic nitrogens is 4. The highest BCUT2D eigenvalue weighted by molar-refractivity contribution is 7.44. The minimum Gasteiger partial charge on any atom is -0.491 e. The van der Waals surface area contributed by atoms with Gasteiger partial charge in [0.1, 0.15) is 30.6 Å². The first-order chi connectivity index (χ1) is 29.0. The quantitative estimate of drug-likeness (QED) is 0.0437. The van der Waals surface area contributed by atoms with Crippen LogP contribution in [0.15, 0.2) is 60.7 Å². The molecule has 0 N–H and O–H groups in total. The van der Waals surface area contributed by atoms with Crippen molar-refractivity contribution in [3.05, 3.63) is 72.1 Å². The first-order valence-electron chi connectivity index (χ1n) is 20.5. The number of benzene rings is 3. The number of carbonyl (C=O) groups is 2. The molecule has 1 unspecified atom stereocenters. The van der Waals surface area contributed by atoms with Crippen LogP contribution in [0.4, 0.5) is 5.69 Å². The van der Waals surface area contributed by atoms with Gasteiger partial charge in [0, 0.05) is 68.9 Å². The maximum absolute atomic E-state index is 13.0. The number of hydrogen-bond acceptors (Lipinski definition) is 12. The van der Waals surface area contributed by atoms with Crippen LogP contribution < -0.4 is 9.64 Å². The Balaban J connectivity index is 1.03. The number of imidazole rings is 2. The van der Waals surface area contributed by atoms with E-state index < -0.39 is 8.53 Å². The molecule has 1 atom stereocenters. The number of rotatable bonds is 20. The van der Waals surface area contributed by atoms with Crippen molar-refractivity contribution in [2.45, 2.75) is 53.6 Å². The molecule has 0 saturated carbocycles. The van der Waals surface area contributed by atoms with Gasteiger partial charge >= 0.3 is 0 Å². The van der Waals surface area contributed by atoms with E-state index in [1.54, 1.807) is 16.1 Å². The SMILES string of the molecule is [C-]#[N+]CCOP(OCCOCCOCCOc1ccc(-c2nc3cc(-c4nc5cc(N6CCN(C)CC6)ccc5n4C(C)=O)ccc3n2C(C)=O)cc1)N(C(C)C)C(C)C. The van der Waals surface area contributed by atoms with Crippen LogP contribution in [0.5, 0.6) is 5.75 Å². The fraction of sp³-hybridized carbons (Fsp3) is 0.477. The zero-order valence-corrected chi connectivity index (χ0v) is 36.7. The lowest BCUT2D eigenvalue weighted by molar-refractivity contribution is 0.0252. The zero-order valence-electron chi connectivity index (χ0n) is 35.8. The number of piperazine rings is 1. The van der Waals surface area contributed by atoms with E-state index in [1.165, 1.54) is 6.92 Å². The number of fused-ring (bicyclic) bond motifs is 2. The number of carbonyl (C=O) groups excluding carboxylic acids is 2. The molecule has 1 saturated heterocycles. The van der Waals surface area contributed by atoms with Crippen LogP contribution in [0.2, 0.25) is 0 Å². The standard InChI is InChI=1S/C44H57N8O7P/c1-31(2)52(32(3)4)60(58-22-17-45-7)59-28-26-56-24-23-55-25-27-57-38-13-9-35(10-14-38)43-46-39-29-36(11-15-41(39)50(43)33(5)53)44-47-40-30-37(49-20-18-48(8)19-21-49)12-16-42(40)51(44)34(6)54/h9-16,29-32H,17-28H2,1-6,8H3. The minimum atomic E-state index is -1.29. The predicted molar refractivity (Wildman–Crippen MR) is 236 cm³/mol. The summed E-state index contributed by atoms with van der Waals surface area (Å²) in [5.74, 6) is 1.39. The molecule has 3 aromatic carbocycles. The molecule has 16 heteroatoms. The third-order valence-corrected chi connectivity index (χ3v) is 12.2. The third kappa shape index (κ3) is 10.9. The summed E-state index contributed by atoms with van der Waals surface area (Å²) >= 11 is 0. The highest BCUT2D eigenvalue weighted by atomic mass is 31.2. The van der Waals surface area contributed by atoms with Gasteiger partial charge in [-0.2, -0.15) is 0 Å². The second kappa shape index (κ2) is 21.1. The predicted octanol–water partition coefficient (Wildman–Crippen LogP) is 7.50. The Bertz CT molecular complexity index is 2250. The second-order valence-corrected chi connectivity index (χ2v) is 16.7. The molecule has 0 bridgehead atoms. The van der Waals surface area contributed by atoms with Gasteiger partial charge in [0.2, 0.25) is 18.4 Å². The van der Waals surface area contributed by atoms with E-state index in [-0.39, 0.29) is 23.9 Å². The van der Waals surface area contributed by atoms with Crippen molar-refractivity contribution < 1.29 is 32.8 Å². The Morgan fingerprint density at radius 2 is 1.25 bits per heavy atom. The summed E-state index contributed by atoms with van der Waals surface area (Å²) < 4.78 is 34.7. The lowest BCUT2D eigenvalue weighted by Gasteiger charge is -2.35. The second-order valence-electron chi connectivity index (χ2n) is 15.2. The molecule has 6 rings (SSSR count). The van der Waals surface area contributed by atoms with Gasteiger partial charge < -0.3 is 37.9 Å². The van der Waals surface area contributed by atoms with Crippen LogP contribution in [-0.4, -0.2) is 139 Å². The van der Waals surface area contributed by atoms with E-state index in [4.69, 9.17) is 39.8 Å². The van der Waals surface area contributed by atoms with Crippen molar-refractivity contribution in [3.63, 3.8) is 0 Å². The van der Waals surface area contributed by atoms with Crippen molar-refractivity contribution in [3.8, 4) is 28.5 Å². The Morgan fingerprint density at radius 3 is 1.85 bits per heavy atom. The first kappa shape index (κ1) is 44.8. The number of likely N-dealkylation sites (N-methyl/N-ethyl adjacent to an activating group) is 1. The van der Waals surface area contributed by atoms with Crippen LogP contribution >= 0.6 is 8.53 Å². The van der Waals surface area contributed by atoms with Crippen LogP contribution in [0.1, 0.15) is 51.1 Å². The highest BCUT2D eigenvalue weighted by Crippen LogP contribution is 2.45. The summed E-state index contributed by atoms with van der Waals surface area (Å²) in [7, 11) is 0.848. The van der Waals surface area contributed by atoms with Crippen molar-refractivity contribution in [2.24, 2.45) is 0 Å². The number of ether oxygens (including phenoxy) is 3. The minimum absolute atomic E-state index is 0.137. The normalized spacial score (nSPS) is 14.2. The molecule has 0 spiro atoms. The molecular formula is C44H57N8O7P. The van der Waals surface area contributed by atoms with Crippen LogP contribution in [0, 0.1) is 6.57 Å². The van der Waals surface area contributed by atoms with E-state index in [1.807, 2.05) is 48.5 Å². The maximum atomic E-state index is 13.0. The zero-order chi connectivity index (χ0) is 42.8. The van der Waals surface area contributed by atoms with Crippen molar-refractivity contribution >= 4 is 48.1 Å². The molecule has 15 nitrogen and oxygen atoms in total. The van der Waals surface area contributed by atoms with E-state index in [0.717, 1.165) is 54.0 Å². The largest absolute Gasteiger partial charge is 0.491 e. The van der Waals surface area contributed by atoms with E-state index in [2.05, 4.69) is 66.2 Å². The van der Waals surface area contributed by atoms with Gasteiger partial charge in [-0.25, -0.2) is 21.2 Å². The molecule has 0 aliphatic carbocycles. The van der Waals surface area contributed by atoms with Gasteiger partial charge in [-0.15, -0.1) is 0 Å². The fourth-order valence-corrected chi connectivity index (χ4v) is 8.86. The van der Waals surface area contributed by atoms with Crippen LogP contribution in [0.25, 0.3) is 49.7 Å². The fourth-order valence-electron chi connectivity index (χ4n) is 7.30. The van der Waals surface area contributed by atoms with Gasteiger partial charge in [-0.05, 0) is 95.4 Å². The van der Waals surface area contributed by atoms with Crippen molar-refractivity contribution in [1.82, 2.24) is 28.7 Å². The van der Waals surface area contributed by atoms with Gasteiger partial charge in [0.15, 0.2) is 0 Å². The van der Waals surface area contributed by atoms with Gasteiger partial charge in [-0.3, -0.25) is 18.7 Å². The Morgan fingerprint density at radius 1 is 0.717 bits per heavy atom. The molecular weight excluding hydrogens is 784 g/mol. The Kier molecular flexibility index (Phi) is 15.8. The summed E-state index contributed by atoms with van der Waals surface area (Å²) in [6.07, 6.45) is 0. The van der Waals surface area contributed by atoms with Gasteiger partial charge in [0.05, 0.1) is 55.1 Å². The average Bonchev–Trinajstić information content (AvgIpc) is 3.80. The third-order valence-electron chi connectivity index (χ3n) is 10.1. The summed E-state index contributed by atoms with van der Waals surface area (Å²) in [5.41, 5.74) is 5.34. The molecule has 320 valence electrons. The van der Waals surface area contributed by atoms with Crippen molar-refractivity contribution in [2.75, 3.05) is 90.9 Å². The Labute approximate surface area is 353 Å². The smallest absolute Gasteiger partial charge is 0.259 e. The van der Waals surface area contributed by atoms with E-state index in [9.17, 15) is 9.59 Å². The lowest BCUT2D eigenvalue weighted by Crippen LogP contribution is -2.44. The summed E-state index contributed by atoms with van der Waals surface area (Å²) in [6.45, 7) is 25.3. The number of hydrogen-bond donors (Lipinski definition) is 0. The van der Waals surface area contributed by atoms with Crippen LogP contribution in [0.3, 0.4) is 0 Å². The molecule has 60 heavy (non-hydrogen) atoms. The molecule has 1 fully saturated rings. The molecule has 0 radical (unpaired) electrons. The first-order valence-corrected chi connectivity index (χ1v) is 21.7. The monoisotopic (exact) mass is 840 g/mol. The summed E-state index contributed by atoms with van der Waals surface area (Å²) in [6, 6.07) is 19.7. The van der Waals surface area contributed by atoms with Gasteiger partial charge in [-0.1, -0.05) is 0 Å². The molecule has 5 aromatic rings. The highest BCUT2D eigenvalue weighted by Gasteiger charge is 2.27. The molecule has 1 aliphatic rings. The lowest BCUT2D eigenvalue weighted by atomic mass is 10.2. The maximum Gasteiger partial charge on any atom is 0.259 e. The summed E-state index contributed by atoms with van der Waals surface area (Å²) in [5, 5.41) is 0. The average molecular weight is 841 g/mol. The number of nitrogens with zero attached hydrogens (tertiary/aromatic N) is 8. The molecule has 2 aromatic heterocycles. The van der Waals surface area contributed by atoms with Crippen molar-refractivity contribution in [1.29, 1.82) is 0 Å². The van der Waals surface area contributed by atoms with Crippen LogP contribution in [-0.2, 0) is 18.5 Å².